The van der Waals surface area contributed by atoms with E-state index in [1.807, 2.05) is 20.8 Å². The van der Waals surface area contributed by atoms with E-state index in [1.165, 1.54) is 16.7 Å². The van der Waals surface area contributed by atoms with Crippen LogP contribution in [0.15, 0.2) is 46.1 Å². The predicted molar refractivity (Wildman–Crippen MR) is 179 cm³/mol. The van der Waals surface area contributed by atoms with E-state index in [2.05, 4.69) is 79.8 Å². The van der Waals surface area contributed by atoms with Crippen molar-refractivity contribution in [3.05, 3.63) is 46.1 Å². The molecule has 0 bridgehead atoms. The van der Waals surface area contributed by atoms with Crippen LogP contribution < -0.4 is 0 Å². The Kier molecular flexibility index (Phi) is 14.7. The molecule has 4 nitrogen and oxygen atoms in total. The third-order valence-electron chi connectivity index (χ3n) is 10.3. The lowest BCUT2D eigenvalue weighted by Crippen LogP contribution is -2.52. The first-order valence-electron chi connectivity index (χ1n) is 15.9. The molecule has 41 heavy (non-hydrogen) atoms. The number of allylic oxidation sites excluding steroid dienone is 6. The molecule has 1 aliphatic rings. The summed E-state index contributed by atoms with van der Waals surface area (Å²) in [6.45, 7) is 26.6. The fraction of sp³-hybridized carbons (Fsp3) is 0.750. The molecule has 2 N–H and O–H groups in total. The topological polar surface area (TPSA) is 66.8 Å². The molecule has 0 aromatic carbocycles. The minimum Gasteiger partial charge on any atom is -0.417 e. The van der Waals surface area contributed by atoms with Gasteiger partial charge in [0.15, 0.2) is 8.32 Å². The smallest absolute Gasteiger partial charge is 0.191 e. The number of aliphatic hydroxyl groups is 2. The summed E-state index contributed by atoms with van der Waals surface area (Å²) in [4.78, 5) is 11.9. The Bertz CT molecular complexity index is 972. The van der Waals surface area contributed by atoms with Crippen LogP contribution >= 0.6 is 0 Å². The number of hydrogen-bond donors (Lipinski definition) is 2. The number of rotatable bonds is 15. The van der Waals surface area contributed by atoms with Crippen molar-refractivity contribution in [3.8, 4) is 0 Å². The minimum atomic E-state index is -1.83. The van der Waals surface area contributed by atoms with Crippen LogP contribution in [-0.4, -0.2) is 43.1 Å². The highest BCUT2D eigenvalue weighted by Gasteiger charge is 2.52. The van der Waals surface area contributed by atoms with E-state index in [9.17, 15) is 15.0 Å². The van der Waals surface area contributed by atoms with Gasteiger partial charge < -0.3 is 14.6 Å². The maximum absolute atomic E-state index is 11.9. The Morgan fingerprint density at radius 1 is 1.07 bits per heavy atom. The molecule has 0 unspecified atom stereocenters. The third-order valence-corrected chi connectivity index (χ3v) is 14.9. The normalized spacial score (nSPS) is 26.5. The molecule has 1 saturated carbocycles. The number of aliphatic hydroxyl groups excluding tert-OH is 1. The second-order valence-corrected chi connectivity index (χ2v) is 19.7. The van der Waals surface area contributed by atoms with E-state index in [4.69, 9.17) is 4.43 Å². The average molecular weight is 589 g/mol. The summed E-state index contributed by atoms with van der Waals surface area (Å²) >= 11 is 0. The van der Waals surface area contributed by atoms with Crippen molar-refractivity contribution in [2.24, 2.45) is 11.3 Å². The zero-order chi connectivity index (χ0) is 31.6. The van der Waals surface area contributed by atoms with Crippen LogP contribution in [0, 0.1) is 11.3 Å². The van der Waals surface area contributed by atoms with Crippen LogP contribution in [0.25, 0.3) is 0 Å². The Morgan fingerprint density at radius 2 is 1.71 bits per heavy atom. The van der Waals surface area contributed by atoms with E-state index in [0.29, 0.717) is 19.4 Å². The third kappa shape index (κ3) is 11.1. The van der Waals surface area contributed by atoms with Gasteiger partial charge >= 0.3 is 0 Å². The van der Waals surface area contributed by atoms with E-state index in [0.717, 1.165) is 62.4 Å². The standard InChI is InChI=1S/C36H64O4Si/c1-27(2)16-13-17-28(3)20-21-33(38)29(4)18-14-23-35(9)32(19-15-25-40-41(11,12)34(6,7)8)31(30(5)26-37)22-24-36(35,10)39/h16,18,20,26,32-33,38-39H,13-15,17,19,21-25H2,1-12H3/t32-,33-,35+,36+/m1/s1. The summed E-state index contributed by atoms with van der Waals surface area (Å²) in [6.07, 6.45) is 14.5. The van der Waals surface area contributed by atoms with E-state index in [1.54, 1.807) is 0 Å². The maximum atomic E-state index is 11.9. The van der Waals surface area contributed by atoms with Gasteiger partial charge in [-0.1, -0.05) is 62.6 Å². The van der Waals surface area contributed by atoms with Gasteiger partial charge in [-0.25, -0.2) is 0 Å². The Morgan fingerprint density at radius 3 is 2.27 bits per heavy atom. The molecule has 0 aliphatic heterocycles. The molecule has 4 atom stereocenters. The van der Waals surface area contributed by atoms with E-state index in [-0.39, 0.29) is 16.4 Å². The highest BCUT2D eigenvalue weighted by Crippen LogP contribution is 2.55. The van der Waals surface area contributed by atoms with Crippen molar-refractivity contribution >= 4 is 14.6 Å². The molecule has 0 aromatic rings. The summed E-state index contributed by atoms with van der Waals surface area (Å²) in [7, 11) is -1.83. The summed E-state index contributed by atoms with van der Waals surface area (Å²) in [5, 5.41) is 22.7. The second kappa shape index (κ2) is 16.0. The van der Waals surface area contributed by atoms with Gasteiger partial charge in [0.2, 0.25) is 0 Å². The molecule has 1 aliphatic carbocycles. The van der Waals surface area contributed by atoms with Gasteiger partial charge in [-0.15, -0.1) is 0 Å². The summed E-state index contributed by atoms with van der Waals surface area (Å²) in [5.41, 5.74) is 4.43. The van der Waals surface area contributed by atoms with E-state index < -0.39 is 20.0 Å². The molecular formula is C36H64O4Si. The molecule has 0 saturated heterocycles. The Hall–Kier alpha value is -1.27. The van der Waals surface area contributed by atoms with Gasteiger partial charge in [0.25, 0.3) is 0 Å². The van der Waals surface area contributed by atoms with Crippen LogP contribution in [0.4, 0.5) is 0 Å². The zero-order valence-corrected chi connectivity index (χ0v) is 29.7. The average Bonchev–Trinajstić information content (AvgIpc) is 2.86. The van der Waals surface area contributed by atoms with Crippen LogP contribution in [-0.2, 0) is 9.22 Å². The molecular weight excluding hydrogens is 524 g/mol. The number of hydrogen-bond acceptors (Lipinski definition) is 4. The lowest BCUT2D eigenvalue weighted by molar-refractivity contribution is -0.115. The van der Waals surface area contributed by atoms with Gasteiger partial charge in [-0.05, 0) is 135 Å². The summed E-state index contributed by atoms with van der Waals surface area (Å²) in [6, 6.07) is 0. The van der Waals surface area contributed by atoms with Gasteiger partial charge in [0, 0.05) is 12.0 Å². The first-order valence-corrected chi connectivity index (χ1v) is 18.8. The first kappa shape index (κ1) is 37.8. The van der Waals surface area contributed by atoms with Gasteiger partial charge in [-0.3, -0.25) is 4.79 Å². The van der Waals surface area contributed by atoms with Crippen molar-refractivity contribution < 1.29 is 19.4 Å². The highest BCUT2D eigenvalue weighted by molar-refractivity contribution is 6.74. The van der Waals surface area contributed by atoms with Gasteiger partial charge in [-0.2, -0.15) is 0 Å². The zero-order valence-electron chi connectivity index (χ0n) is 28.7. The molecule has 5 heteroatoms. The molecule has 0 amide bonds. The molecule has 0 spiro atoms. The Balaban J connectivity index is 3.03. The van der Waals surface area contributed by atoms with Crippen LogP contribution in [0.5, 0.6) is 0 Å². The second-order valence-electron chi connectivity index (χ2n) is 14.9. The van der Waals surface area contributed by atoms with E-state index >= 15 is 0 Å². The van der Waals surface area contributed by atoms with Crippen molar-refractivity contribution in [2.45, 2.75) is 157 Å². The minimum absolute atomic E-state index is 0.115. The van der Waals surface area contributed by atoms with Crippen molar-refractivity contribution in [2.75, 3.05) is 6.61 Å². The van der Waals surface area contributed by atoms with Crippen LogP contribution in [0.1, 0.15) is 127 Å². The monoisotopic (exact) mass is 588 g/mol. The lowest BCUT2D eigenvalue weighted by atomic mass is 9.54. The number of carbonyl (C=O) groups excluding carboxylic acids is 1. The lowest BCUT2D eigenvalue weighted by Gasteiger charge is -2.53. The predicted octanol–water partition coefficient (Wildman–Crippen LogP) is 9.64. The maximum Gasteiger partial charge on any atom is 0.191 e. The molecule has 236 valence electrons. The molecule has 1 fully saturated rings. The molecule has 0 radical (unpaired) electrons. The van der Waals surface area contributed by atoms with Crippen LogP contribution in [0.2, 0.25) is 18.1 Å². The molecule has 1 rings (SSSR count). The van der Waals surface area contributed by atoms with Gasteiger partial charge in [0.05, 0.1) is 11.7 Å². The largest absolute Gasteiger partial charge is 0.417 e. The van der Waals surface area contributed by atoms with Crippen molar-refractivity contribution in [3.63, 3.8) is 0 Å². The Labute approximate surface area is 254 Å². The fourth-order valence-corrected chi connectivity index (χ4v) is 6.93. The molecule has 0 heterocycles. The molecule has 0 aromatic heterocycles. The fourth-order valence-electron chi connectivity index (χ4n) is 5.84. The van der Waals surface area contributed by atoms with Crippen molar-refractivity contribution in [1.29, 1.82) is 0 Å². The van der Waals surface area contributed by atoms with Gasteiger partial charge in [0.1, 0.15) is 6.29 Å². The SMILES string of the molecule is CC(C)=CCCC(C)=CC[C@@H](O)C(C)=CCC[C@@]1(C)[C@H](CCCO[Si](C)(C)C(C)(C)C)C(=C(C)C=O)CC[C@]1(C)O. The first-order chi connectivity index (χ1) is 18.8. The number of aldehydes is 1. The van der Waals surface area contributed by atoms with Crippen LogP contribution in [0.3, 0.4) is 0 Å². The number of carbonyl (C=O) groups is 1. The quantitative estimate of drug-likeness (QED) is 0.0657. The van der Waals surface area contributed by atoms with Crippen molar-refractivity contribution in [1.82, 2.24) is 0 Å². The summed E-state index contributed by atoms with van der Waals surface area (Å²) in [5.74, 6) is 0.115. The highest BCUT2D eigenvalue weighted by atomic mass is 28.4. The summed E-state index contributed by atoms with van der Waals surface area (Å²) < 4.78 is 6.48.